The van der Waals surface area contributed by atoms with E-state index in [2.05, 4.69) is 25.5 Å². The lowest BCUT2D eigenvalue weighted by molar-refractivity contribution is -0.123. The maximum atomic E-state index is 13.2. The van der Waals surface area contributed by atoms with E-state index in [1.807, 2.05) is 19.2 Å². The van der Waals surface area contributed by atoms with Crippen LogP contribution in [0.5, 0.6) is 0 Å². The van der Waals surface area contributed by atoms with Crippen LogP contribution in [0, 0.1) is 6.92 Å². The average Bonchev–Trinajstić information content (AvgIpc) is 3.27. The number of likely N-dealkylation sites (N-methyl/N-ethyl adjacent to an activating group) is 1. The Balaban J connectivity index is 1.50. The van der Waals surface area contributed by atoms with Gasteiger partial charge in [0, 0.05) is 7.05 Å². The molecule has 0 unspecified atom stereocenters. The number of aryl methyl sites for hydroxylation is 1. The van der Waals surface area contributed by atoms with Gasteiger partial charge in [-0.1, -0.05) is 5.16 Å². The lowest BCUT2D eigenvalue weighted by Gasteiger charge is -2.31. The lowest BCUT2D eigenvalue weighted by atomic mass is 9.71. The summed E-state index contributed by atoms with van der Waals surface area (Å²) in [6.07, 6.45) is 7.83. The highest BCUT2D eigenvalue weighted by Gasteiger charge is 2.52. The highest BCUT2D eigenvalue weighted by molar-refractivity contribution is 6.08. The van der Waals surface area contributed by atoms with Crippen LogP contribution in [0.3, 0.4) is 0 Å². The van der Waals surface area contributed by atoms with E-state index < -0.39 is 5.41 Å². The van der Waals surface area contributed by atoms with E-state index in [0.717, 1.165) is 34.0 Å². The summed E-state index contributed by atoms with van der Waals surface area (Å²) >= 11 is 0. The number of nitrogens with one attached hydrogen (secondary N) is 1. The molecule has 30 heavy (non-hydrogen) atoms. The Morgan fingerprint density at radius 3 is 2.83 bits per heavy atom. The van der Waals surface area contributed by atoms with Gasteiger partial charge in [0.2, 0.25) is 11.9 Å². The summed E-state index contributed by atoms with van der Waals surface area (Å²) in [6.45, 7) is 1.99. The summed E-state index contributed by atoms with van der Waals surface area (Å²) in [5, 5.41) is 11.5. The van der Waals surface area contributed by atoms with Crippen molar-refractivity contribution in [3.05, 3.63) is 36.0 Å². The summed E-state index contributed by atoms with van der Waals surface area (Å²) in [6, 6.07) is 1.94. The Bertz CT molecular complexity index is 1170. The molecule has 0 atom stereocenters. The van der Waals surface area contributed by atoms with Gasteiger partial charge in [-0.15, -0.1) is 0 Å². The fourth-order valence-corrected chi connectivity index (χ4v) is 4.41. The third kappa shape index (κ3) is 2.71. The molecule has 1 fully saturated rings. The molecule has 5 rings (SSSR count). The molecule has 1 amide bonds. The van der Waals surface area contributed by atoms with Gasteiger partial charge in [0.25, 0.3) is 0 Å². The van der Waals surface area contributed by atoms with Crippen LogP contribution >= 0.6 is 0 Å². The van der Waals surface area contributed by atoms with Crippen molar-refractivity contribution in [2.24, 2.45) is 5.16 Å². The molecular formula is C20H22N8O2. The van der Waals surface area contributed by atoms with Crippen molar-refractivity contribution in [3.8, 4) is 0 Å². The van der Waals surface area contributed by atoms with Gasteiger partial charge in [0.15, 0.2) is 5.65 Å². The smallest absolute Gasteiger partial charge is 0.239 e. The predicted molar refractivity (Wildman–Crippen MR) is 111 cm³/mol. The van der Waals surface area contributed by atoms with E-state index in [1.165, 1.54) is 6.33 Å². The predicted octanol–water partition coefficient (Wildman–Crippen LogP) is 2.36. The van der Waals surface area contributed by atoms with E-state index in [0.29, 0.717) is 31.6 Å². The standard InChI is InChI=1S/C20H22N8O2/c1-12-8-16-22-11-23-28(16)10-14(12)24-19-21-9-15-17(25-19)20(18(29)27(15)2)6-4-13(5-7-20)26-30-3/h8-11H,4-7H2,1-3H3,(H,21,24,25). The molecule has 0 aromatic carbocycles. The minimum Gasteiger partial charge on any atom is -0.399 e. The first kappa shape index (κ1) is 18.5. The molecule has 1 aliphatic heterocycles. The molecule has 3 aromatic heterocycles. The Morgan fingerprint density at radius 1 is 1.27 bits per heavy atom. The maximum Gasteiger partial charge on any atom is 0.239 e. The monoisotopic (exact) mass is 406 g/mol. The molecule has 154 valence electrons. The van der Waals surface area contributed by atoms with Crippen LogP contribution in [0.2, 0.25) is 0 Å². The Morgan fingerprint density at radius 2 is 2.07 bits per heavy atom. The number of carbonyl (C=O) groups excluding carboxylic acids is 1. The number of rotatable bonds is 3. The number of oxime groups is 1. The van der Waals surface area contributed by atoms with Crippen molar-refractivity contribution in [1.29, 1.82) is 0 Å². The summed E-state index contributed by atoms with van der Waals surface area (Å²) in [5.41, 5.74) is 4.50. The third-order valence-corrected chi connectivity index (χ3v) is 6.07. The van der Waals surface area contributed by atoms with Crippen molar-refractivity contribution in [1.82, 2.24) is 24.6 Å². The zero-order valence-electron chi connectivity index (χ0n) is 17.1. The number of hydrogen-bond acceptors (Lipinski definition) is 8. The van der Waals surface area contributed by atoms with Crippen LogP contribution in [0.1, 0.15) is 36.9 Å². The van der Waals surface area contributed by atoms with Crippen LogP contribution in [0.15, 0.2) is 29.9 Å². The molecule has 4 heterocycles. The fourth-order valence-electron chi connectivity index (χ4n) is 4.41. The topological polar surface area (TPSA) is 110 Å². The molecule has 3 aromatic rings. The molecule has 0 radical (unpaired) electrons. The second-order valence-electron chi connectivity index (χ2n) is 7.77. The first-order valence-electron chi connectivity index (χ1n) is 9.83. The van der Waals surface area contributed by atoms with Gasteiger partial charge >= 0.3 is 0 Å². The van der Waals surface area contributed by atoms with E-state index in [-0.39, 0.29) is 5.91 Å². The van der Waals surface area contributed by atoms with Crippen LogP contribution in [0.4, 0.5) is 17.3 Å². The molecule has 1 aliphatic carbocycles. The van der Waals surface area contributed by atoms with Gasteiger partial charge in [-0.25, -0.2) is 19.5 Å². The minimum absolute atomic E-state index is 0.0700. The van der Waals surface area contributed by atoms with Crippen LogP contribution in [-0.4, -0.2) is 50.3 Å². The van der Waals surface area contributed by atoms with E-state index in [1.54, 1.807) is 29.8 Å². The molecule has 10 heteroatoms. The van der Waals surface area contributed by atoms with Crippen LogP contribution in [0.25, 0.3) is 5.65 Å². The summed E-state index contributed by atoms with van der Waals surface area (Å²) in [4.78, 5) is 33.2. The number of amides is 1. The zero-order chi connectivity index (χ0) is 20.9. The average molecular weight is 406 g/mol. The van der Waals surface area contributed by atoms with Crippen LogP contribution in [-0.2, 0) is 15.0 Å². The maximum absolute atomic E-state index is 13.2. The van der Waals surface area contributed by atoms with Gasteiger partial charge in [-0.2, -0.15) is 5.10 Å². The first-order valence-corrected chi connectivity index (χ1v) is 9.83. The zero-order valence-corrected chi connectivity index (χ0v) is 17.1. The molecule has 0 bridgehead atoms. The lowest BCUT2D eigenvalue weighted by Crippen LogP contribution is -2.42. The molecule has 10 nitrogen and oxygen atoms in total. The number of hydrogen-bond donors (Lipinski definition) is 1. The number of carbonyl (C=O) groups is 1. The Labute approximate surface area is 173 Å². The molecule has 1 spiro atoms. The number of nitrogens with zero attached hydrogens (tertiary/aromatic N) is 7. The van der Waals surface area contributed by atoms with Crippen molar-refractivity contribution in [3.63, 3.8) is 0 Å². The molecule has 1 N–H and O–H groups in total. The van der Waals surface area contributed by atoms with Crippen molar-refractivity contribution < 1.29 is 9.63 Å². The highest BCUT2D eigenvalue weighted by Crippen LogP contribution is 2.48. The molecule has 1 saturated carbocycles. The van der Waals surface area contributed by atoms with E-state index in [4.69, 9.17) is 9.82 Å². The van der Waals surface area contributed by atoms with Crippen molar-refractivity contribution >= 4 is 34.6 Å². The number of fused-ring (bicyclic) bond motifs is 3. The molecule has 0 saturated heterocycles. The van der Waals surface area contributed by atoms with Crippen molar-refractivity contribution in [2.75, 3.05) is 24.4 Å². The summed E-state index contributed by atoms with van der Waals surface area (Å²) in [5.74, 6) is 0.524. The second-order valence-corrected chi connectivity index (χ2v) is 7.77. The van der Waals surface area contributed by atoms with Crippen molar-refractivity contribution in [2.45, 2.75) is 38.0 Å². The Kier molecular flexibility index (Phi) is 4.16. The number of anilines is 3. The molecular weight excluding hydrogens is 384 g/mol. The minimum atomic E-state index is -0.638. The quantitative estimate of drug-likeness (QED) is 0.665. The second kappa shape index (κ2) is 6.75. The highest BCUT2D eigenvalue weighted by atomic mass is 16.6. The van der Waals surface area contributed by atoms with E-state index in [9.17, 15) is 4.79 Å². The van der Waals surface area contributed by atoms with E-state index >= 15 is 0 Å². The SMILES string of the molecule is CON=C1CCC2(CC1)C(=O)N(C)c1cnc(Nc3cn4ncnc4cc3C)nc12. The number of aromatic nitrogens is 5. The van der Waals surface area contributed by atoms with Gasteiger partial charge in [0.05, 0.1) is 40.6 Å². The first-order chi connectivity index (χ1) is 14.5. The fraction of sp³-hybridized carbons (Fsp3) is 0.400. The largest absolute Gasteiger partial charge is 0.399 e. The molecule has 2 aliphatic rings. The third-order valence-electron chi connectivity index (χ3n) is 6.07. The normalized spacial score (nSPS) is 20.7. The Hall–Kier alpha value is -3.56. The summed E-state index contributed by atoms with van der Waals surface area (Å²) in [7, 11) is 3.33. The number of pyridine rings is 1. The van der Waals surface area contributed by atoms with Gasteiger partial charge in [-0.3, -0.25) is 4.79 Å². The van der Waals surface area contributed by atoms with Crippen LogP contribution < -0.4 is 10.2 Å². The van der Waals surface area contributed by atoms with Gasteiger partial charge < -0.3 is 15.1 Å². The van der Waals surface area contributed by atoms with Gasteiger partial charge in [-0.05, 0) is 44.2 Å². The van der Waals surface area contributed by atoms with Gasteiger partial charge in [0.1, 0.15) is 13.4 Å². The summed E-state index contributed by atoms with van der Waals surface area (Å²) < 4.78 is 1.69.